The zero-order valence-electron chi connectivity index (χ0n) is 10.7. The van der Waals surface area contributed by atoms with Crippen LogP contribution in [0.2, 0.25) is 0 Å². The molecule has 1 aliphatic carbocycles. The van der Waals surface area contributed by atoms with Gasteiger partial charge in [0.1, 0.15) is 12.3 Å². The number of nitrogens with zero attached hydrogens (tertiary/aromatic N) is 1. The smallest absolute Gasteiger partial charge is 0.183 e. The molecule has 2 nitrogen and oxygen atoms in total. The van der Waals surface area contributed by atoms with Gasteiger partial charge in [0.05, 0.1) is 0 Å². The predicted molar refractivity (Wildman–Crippen MR) is 71.4 cm³/mol. The maximum atomic E-state index is 9.61. The molecular formula is C16H20NO+. The van der Waals surface area contributed by atoms with Crippen molar-refractivity contribution in [2.45, 2.75) is 44.6 Å². The predicted octanol–water partition coefficient (Wildman–Crippen LogP) is 2.71. The molecule has 0 bridgehead atoms. The number of phenols is 1. The highest BCUT2D eigenvalue weighted by molar-refractivity contribution is 5.99. The third-order valence-electron chi connectivity index (χ3n) is 5.14. The normalized spacial score (nSPS) is 29.8. The highest BCUT2D eigenvalue weighted by Crippen LogP contribution is 2.38. The number of hydrogen-bond donors (Lipinski definition) is 1. The van der Waals surface area contributed by atoms with E-state index in [1.807, 2.05) is 12.1 Å². The van der Waals surface area contributed by atoms with Crippen LogP contribution in [0.1, 0.15) is 43.2 Å². The largest absolute Gasteiger partial charge is 0.508 e. The maximum Gasteiger partial charge on any atom is 0.183 e. The van der Waals surface area contributed by atoms with Gasteiger partial charge in [-0.2, -0.15) is 0 Å². The number of hydrogen-bond acceptors (Lipinski definition) is 1. The topological polar surface area (TPSA) is 23.2 Å². The van der Waals surface area contributed by atoms with E-state index in [1.165, 1.54) is 43.2 Å². The molecule has 1 saturated carbocycles. The van der Waals surface area contributed by atoms with Crippen LogP contribution in [0.15, 0.2) is 18.2 Å². The van der Waals surface area contributed by atoms with E-state index in [0.717, 1.165) is 24.9 Å². The van der Waals surface area contributed by atoms with Crippen molar-refractivity contribution in [2.24, 2.45) is 5.92 Å². The van der Waals surface area contributed by atoms with Gasteiger partial charge in [-0.05, 0) is 43.0 Å². The van der Waals surface area contributed by atoms with Crippen molar-refractivity contribution < 1.29 is 9.68 Å². The first-order valence-electron chi connectivity index (χ1n) is 7.27. The molecular weight excluding hydrogens is 222 g/mol. The van der Waals surface area contributed by atoms with Gasteiger partial charge in [-0.1, -0.05) is 0 Å². The van der Waals surface area contributed by atoms with Crippen molar-refractivity contribution in [3.8, 4) is 5.75 Å². The summed E-state index contributed by atoms with van der Waals surface area (Å²) in [6.45, 7) is 1.16. The SMILES string of the molecule is Oc1ccc2c(c1)CC[N+]1=C2CC[C@@H]2CCC[C@@H]21. The molecule has 94 valence electrons. The van der Waals surface area contributed by atoms with Gasteiger partial charge in [0, 0.05) is 30.7 Å². The summed E-state index contributed by atoms with van der Waals surface area (Å²) in [5.74, 6) is 1.37. The van der Waals surface area contributed by atoms with Gasteiger partial charge in [-0.25, -0.2) is 4.58 Å². The molecule has 2 aliphatic heterocycles. The zero-order chi connectivity index (χ0) is 12.1. The van der Waals surface area contributed by atoms with Crippen LogP contribution in [0.4, 0.5) is 0 Å². The molecule has 3 aliphatic rings. The molecule has 0 amide bonds. The molecule has 0 radical (unpaired) electrons. The lowest BCUT2D eigenvalue weighted by Gasteiger charge is -2.29. The number of fused-ring (bicyclic) bond motifs is 4. The van der Waals surface area contributed by atoms with E-state index in [4.69, 9.17) is 0 Å². The fourth-order valence-electron chi connectivity index (χ4n) is 4.33. The van der Waals surface area contributed by atoms with Crippen LogP contribution in [0.3, 0.4) is 0 Å². The fourth-order valence-corrected chi connectivity index (χ4v) is 4.33. The summed E-state index contributed by atoms with van der Waals surface area (Å²) in [5, 5.41) is 9.61. The molecule has 0 saturated heterocycles. The Bertz CT molecular complexity index is 532. The van der Waals surface area contributed by atoms with E-state index < -0.39 is 0 Å². The molecule has 18 heavy (non-hydrogen) atoms. The zero-order valence-corrected chi connectivity index (χ0v) is 10.7. The van der Waals surface area contributed by atoms with E-state index in [2.05, 4.69) is 10.6 Å². The Labute approximate surface area is 108 Å². The van der Waals surface area contributed by atoms with Crippen LogP contribution >= 0.6 is 0 Å². The van der Waals surface area contributed by atoms with Crippen LogP contribution in [0, 0.1) is 5.92 Å². The van der Waals surface area contributed by atoms with E-state index in [1.54, 1.807) is 5.71 Å². The van der Waals surface area contributed by atoms with Crippen LogP contribution in [0.5, 0.6) is 5.75 Å². The summed E-state index contributed by atoms with van der Waals surface area (Å²) in [4.78, 5) is 0. The monoisotopic (exact) mass is 242 g/mol. The van der Waals surface area contributed by atoms with Crippen molar-refractivity contribution in [2.75, 3.05) is 6.54 Å². The van der Waals surface area contributed by atoms with Gasteiger partial charge in [-0.15, -0.1) is 0 Å². The lowest BCUT2D eigenvalue weighted by Crippen LogP contribution is -2.43. The van der Waals surface area contributed by atoms with Gasteiger partial charge in [0.15, 0.2) is 11.8 Å². The second kappa shape index (κ2) is 3.84. The Morgan fingerprint density at radius 2 is 2.06 bits per heavy atom. The molecule has 1 aromatic carbocycles. The molecule has 2 heterocycles. The second-order valence-electron chi connectivity index (χ2n) is 6.03. The summed E-state index contributed by atoms with van der Waals surface area (Å²) in [5.41, 5.74) is 4.31. The van der Waals surface area contributed by atoms with E-state index >= 15 is 0 Å². The minimum Gasteiger partial charge on any atom is -0.508 e. The summed E-state index contributed by atoms with van der Waals surface area (Å²) < 4.78 is 2.69. The van der Waals surface area contributed by atoms with Crippen LogP contribution in [-0.4, -0.2) is 28.0 Å². The van der Waals surface area contributed by atoms with E-state index in [-0.39, 0.29) is 0 Å². The molecule has 0 unspecified atom stereocenters. The van der Waals surface area contributed by atoms with Gasteiger partial charge < -0.3 is 5.11 Å². The molecule has 2 heteroatoms. The molecule has 1 N–H and O–H groups in total. The summed E-state index contributed by atoms with van der Waals surface area (Å²) in [7, 11) is 0. The quantitative estimate of drug-likeness (QED) is 0.695. The van der Waals surface area contributed by atoms with Crippen LogP contribution in [-0.2, 0) is 6.42 Å². The van der Waals surface area contributed by atoms with Crippen molar-refractivity contribution in [3.63, 3.8) is 0 Å². The van der Waals surface area contributed by atoms with E-state index in [0.29, 0.717) is 5.75 Å². The maximum absolute atomic E-state index is 9.61. The molecule has 1 aromatic rings. The second-order valence-corrected chi connectivity index (χ2v) is 6.03. The van der Waals surface area contributed by atoms with Crippen molar-refractivity contribution >= 4 is 5.71 Å². The minimum atomic E-state index is 0.414. The highest BCUT2D eigenvalue weighted by Gasteiger charge is 2.42. The molecule has 2 atom stereocenters. The minimum absolute atomic E-state index is 0.414. The Kier molecular flexibility index (Phi) is 2.26. The molecule has 4 rings (SSSR count). The Morgan fingerprint density at radius 3 is 3.00 bits per heavy atom. The third-order valence-corrected chi connectivity index (χ3v) is 5.14. The first-order valence-corrected chi connectivity index (χ1v) is 7.27. The van der Waals surface area contributed by atoms with Gasteiger partial charge in [0.25, 0.3) is 0 Å². The Morgan fingerprint density at radius 1 is 1.11 bits per heavy atom. The van der Waals surface area contributed by atoms with Crippen LogP contribution in [0.25, 0.3) is 0 Å². The first-order chi connectivity index (χ1) is 8.83. The highest BCUT2D eigenvalue weighted by atomic mass is 16.3. The van der Waals surface area contributed by atoms with Gasteiger partial charge in [-0.3, -0.25) is 0 Å². The number of aromatic hydroxyl groups is 1. The van der Waals surface area contributed by atoms with Crippen LogP contribution < -0.4 is 0 Å². The lowest BCUT2D eigenvalue weighted by molar-refractivity contribution is -0.577. The molecule has 1 fully saturated rings. The summed E-state index contributed by atoms with van der Waals surface area (Å²) in [6.07, 6.45) is 7.95. The lowest BCUT2D eigenvalue weighted by atomic mass is 9.85. The third kappa shape index (κ3) is 1.44. The summed E-state index contributed by atoms with van der Waals surface area (Å²) >= 11 is 0. The fraction of sp³-hybridized carbons (Fsp3) is 0.562. The first kappa shape index (κ1) is 10.6. The van der Waals surface area contributed by atoms with Gasteiger partial charge >= 0.3 is 0 Å². The molecule has 0 aromatic heterocycles. The average Bonchev–Trinajstić information content (AvgIpc) is 2.86. The number of rotatable bonds is 0. The standard InChI is InChI=1S/C16H19NO/c18-13-5-6-14-12(10-13)8-9-17-15-3-1-2-11(15)4-7-16(14)17/h5-6,10-11,15H,1-4,7-9H2/p+1/t11-,15-/m0/s1. The molecule has 0 spiro atoms. The Balaban J connectivity index is 1.83. The average molecular weight is 242 g/mol. The summed E-state index contributed by atoms with van der Waals surface area (Å²) in [6, 6.07) is 6.74. The van der Waals surface area contributed by atoms with E-state index in [9.17, 15) is 5.11 Å². The number of benzene rings is 1. The van der Waals surface area contributed by atoms with Gasteiger partial charge in [0.2, 0.25) is 0 Å². The van der Waals surface area contributed by atoms with Crippen molar-refractivity contribution in [1.29, 1.82) is 0 Å². The number of phenolic OH excluding ortho intramolecular Hbond substituents is 1. The van der Waals surface area contributed by atoms with Crippen molar-refractivity contribution in [1.82, 2.24) is 0 Å². The van der Waals surface area contributed by atoms with Crippen molar-refractivity contribution in [3.05, 3.63) is 29.3 Å². The Hall–Kier alpha value is -1.31.